The van der Waals surface area contributed by atoms with Gasteiger partial charge in [0.05, 0.1) is 31.3 Å². The third kappa shape index (κ3) is 6.37. The highest BCUT2D eigenvalue weighted by molar-refractivity contribution is 7.89. The van der Waals surface area contributed by atoms with Crippen molar-refractivity contribution in [1.29, 1.82) is 0 Å². The highest BCUT2D eigenvalue weighted by Gasteiger charge is 2.27. The third-order valence-corrected chi connectivity index (χ3v) is 7.67. The molecule has 0 amide bonds. The van der Waals surface area contributed by atoms with Crippen LogP contribution in [0.25, 0.3) is 0 Å². The van der Waals surface area contributed by atoms with Crippen LogP contribution in [0.5, 0.6) is 0 Å². The Hall–Kier alpha value is -2.55. The molecule has 12 nitrogen and oxygen atoms in total. The maximum Gasteiger partial charge on any atom is 0.350 e. The minimum Gasteiger partial charge on any atom is -0.462 e. The molecule has 0 bridgehead atoms. The number of aryl methyl sites for hydroxylation is 1. The molecule has 14 heteroatoms. The van der Waals surface area contributed by atoms with Crippen molar-refractivity contribution in [3.05, 3.63) is 16.1 Å². The Morgan fingerprint density at radius 3 is 2.66 bits per heavy atom. The molecule has 2 aliphatic rings. The lowest BCUT2D eigenvalue weighted by molar-refractivity contribution is 0.0531. The second-order valence-electron chi connectivity index (χ2n) is 8.36. The maximum absolute atomic E-state index is 12.2. The summed E-state index contributed by atoms with van der Waals surface area (Å²) < 4.78 is 33.5. The lowest BCUT2D eigenvalue weighted by Gasteiger charge is -2.35. The molecule has 1 fully saturated rings. The van der Waals surface area contributed by atoms with Gasteiger partial charge in [0.25, 0.3) is 0 Å². The van der Waals surface area contributed by atoms with Crippen molar-refractivity contribution >= 4 is 50.0 Å². The summed E-state index contributed by atoms with van der Waals surface area (Å²) in [5, 5.41) is 8.86. The quantitative estimate of drug-likeness (QED) is 0.457. The Morgan fingerprint density at radius 1 is 1.20 bits per heavy atom. The largest absolute Gasteiger partial charge is 0.462 e. The van der Waals surface area contributed by atoms with Gasteiger partial charge in [-0.1, -0.05) is 11.3 Å². The van der Waals surface area contributed by atoms with Crippen molar-refractivity contribution < 1.29 is 22.7 Å². The summed E-state index contributed by atoms with van der Waals surface area (Å²) in [6, 6.07) is 0. The number of primary sulfonamides is 1. The molecule has 1 saturated heterocycles. The van der Waals surface area contributed by atoms with Gasteiger partial charge in [-0.25, -0.2) is 23.3 Å². The number of aromatic nitrogens is 3. The van der Waals surface area contributed by atoms with Gasteiger partial charge in [0.2, 0.25) is 16.0 Å². The number of esters is 1. The van der Waals surface area contributed by atoms with Crippen LogP contribution in [0.4, 0.5) is 22.7 Å². The predicted octanol–water partition coefficient (Wildman–Crippen LogP) is 1.43. The average molecular weight is 526 g/mol. The number of nitrogens with one attached hydrogen (secondary N) is 1. The number of anilines is 4. The van der Waals surface area contributed by atoms with Gasteiger partial charge in [-0.2, -0.15) is 9.97 Å². The van der Waals surface area contributed by atoms with Gasteiger partial charge in [0, 0.05) is 31.7 Å². The molecule has 4 rings (SSSR count). The van der Waals surface area contributed by atoms with E-state index in [2.05, 4.69) is 20.1 Å². The smallest absolute Gasteiger partial charge is 0.350 e. The van der Waals surface area contributed by atoms with Crippen LogP contribution in [0.1, 0.15) is 40.7 Å². The Labute approximate surface area is 208 Å². The Morgan fingerprint density at radius 2 is 1.94 bits per heavy atom. The number of carbonyl (C=O) groups excluding carboxylic acids is 1. The van der Waals surface area contributed by atoms with Crippen LogP contribution >= 0.6 is 11.3 Å². The van der Waals surface area contributed by atoms with E-state index in [1.165, 1.54) is 11.3 Å². The molecular formula is C21H31N7O5S2. The Balaban J connectivity index is 1.65. The normalized spacial score (nSPS) is 16.2. The Bertz CT molecular complexity index is 1170. The number of hydrogen-bond acceptors (Lipinski definition) is 12. The molecule has 35 heavy (non-hydrogen) atoms. The fourth-order valence-electron chi connectivity index (χ4n) is 4.20. The maximum atomic E-state index is 12.2. The van der Waals surface area contributed by atoms with Crippen LogP contribution < -0.4 is 20.3 Å². The van der Waals surface area contributed by atoms with E-state index in [-0.39, 0.29) is 12.4 Å². The predicted molar refractivity (Wildman–Crippen MR) is 134 cm³/mol. The van der Waals surface area contributed by atoms with Crippen LogP contribution in [0.3, 0.4) is 0 Å². The first-order chi connectivity index (χ1) is 16.7. The molecule has 0 saturated carbocycles. The average Bonchev–Trinajstić information content (AvgIpc) is 3.18. The minimum absolute atomic E-state index is 0.0830. The number of carbonyl (C=O) groups is 1. The van der Waals surface area contributed by atoms with Gasteiger partial charge in [0.1, 0.15) is 16.5 Å². The highest BCUT2D eigenvalue weighted by atomic mass is 32.2. The molecule has 192 valence electrons. The zero-order chi connectivity index (χ0) is 25.0. The van der Waals surface area contributed by atoms with Gasteiger partial charge < -0.3 is 19.3 Å². The van der Waals surface area contributed by atoms with E-state index >= 15 is 0 Å². The molecule has 0 aliphatic carbocycles. The van der Waals surface area contributed by atoms with E-state index in [1.54, 1.807) is 13.8 Å². The van der Waals surface area contributed by atoms with Crippen molar-refractivity contribution in [3.63, 3.8) is 0 Å². The summed E-state index contributed by atoms with van der Waals surface area (Å²) in [5.74, 6) is 1.50. The molecule has 3 N–H and O–H groups in total. The van der Waals surface area contributed by atoms with Gasteiger partial charge in [-0.3, -0.25) is 5.32 Å². The molecule has 2 aliphatic heterocycles. The van der Waals surface area contributed by atoms with E-state index in [0.717, 1.165) is 49.7 Å². The molecule has 0 unspecified atom stereocenters. The molecule has 0 aromatic carbocycles. The van der Waals surface area contributed by atoms with Crippen molar-refractivity contribution in [1.82, 2.24) is 15.0 Å². The van der Waals surface area contributed by atoms with Crippen molar-refractivity contribution in [2.45, 2.75) is 33.1 Å². The number of morpholine rings is 1. The summed E-state index contributed by atoms with van der Waals surface area (Å²) in [4.78, 5) is 31.0. The summed E-state index contributed by atoms with van der Waals surface area (Å²) in [6.07, 6.45) is 2.16. The van der Waals surface area contributed by atoms with E-state index in [9.17, 15) is 13.2 Å². The standard InChI is InChI=1S/C21H31N7O5S2/c1-3-33-19(29)16-14(2)23-21(34-16)26-20-24-17-15(18(25-20)28-9-11-32-12-10-28)6-4-7-27(17)8-5-13-35(22,30)31/h3-13H2,1-2H3,(H2,22,30,31)(H,23,24,25,26). The zero-order valence-electron chi connectivity index (χ0n) is 19.9. The first kappa shape index (κ1) is 25.5. The lowest BCUT2D eigenvalue weighted by atomic mass is 10.0. The lowest BCUT2D eigenvalue weighted by Crippen LogP contribution is -2.39. The van der Waals surface area contributed by atoms with E-state index in [1.807, 2.05) is 0 Å². The number of sulfonamides is 1. The minimum atomic E-state index is -3.53. The van der Waals surface area contributed by atoms with Crippen LogP contribution in [0.15, 0.2) is 0 Å². The zero-order valence-corrected chi connectivity index (χ0v) is 21.6. The van der Waals surface area contributed by atoms with E-state index < -0.39 is 16.0 Å². The number of thiazole rings is 1. The summed E-state index contributed by atoms with van der Waals surface area (Å²) in [5.41, 5.74) is 1.62. The fraction of sp³-hybridized carbons (Fsp3) is 0.619. The number of rotatable bonds is 9. The number of hydrogen-bond donors (Lipinski definition) is 2. The van der Waals surface area contributed by atoms with Gasteiger partial charge >= 0.3 is 5.97 Å². The number of fused-ring (bicyclic) bond motifs is 1. The second kappa shape index (κ2) is 11.0. The van der Waals surface area contributed by atoms with E-state index in [0.29, 0.717) is 47.8 Å². The molecule has 0 atom stereocenters. The topological polar surface area (TPSA) is 153 Å². The monoisotopic (exact) mass is 525 g/mol. The van der Waals surface area contributed by atoms with Gasteiger partial charge in [-0.15, -0.1) is 0 Å². The Kier molecular flexibility index (Phi) is 8.04. The highest BCUT2D eigenvalue weighted by Crippen LogP contribution is 2.35. The summed E-state index contributed by atoms with van der Waals surface area (Å²) in [7, 11) is -3.53. The van der Waals surface area contributed by atoms with E-state index in [4.69, 9.17) is 24.6 Å². The number of nitrogens with two attached hydrogens (primary N) is 1. The fourth-order valence-corrected chi connectivity index (χ4v) is 5.58. The number of ether oxygens (including phenoxy) is 2. The van der Waals surface area contributed by atoms with Crippen LogP contribution in [0, 0.1) is 6.92 Å². The molecule has 2 aromatic heterocycles. The molecule has 4 heterocycles. The summed E-state index contributed by atoms with van der Waals surface area (Å²) >= 11 is 1.19. The molecular weight excluding hydrogens is 494 g/mol. The molecule has 0 spiro atoms. The van der Waals surface area contributed by atoms with Crippen LogP contribution in [-0.4, -0.2) is 81.1 Å². The van der Waals surface area contributed by atoms with Crippen molar-refractivity contribution in [3.8, 4) is 0 Å². The number of nitrogens with zero attached hydrogens (tertiary/aromatic N) is 5. The van der Waals surface area contributed by atoms with Crippen molar-refractivity contribution in [2.75, 3.05) is 66.9 Å². The SMILES string of the molecule is CCOC(=O)c1sc(Nc2nc3c(c(N4CCOCC4)n2)CCCN3CCCS(N)(=O)=O)nc1C. The van der Waals surface area contributed by atoms with Crippen LogP contribution in [-0.2, 0) is 25.9 Å². The summed E-state index contributed by atoms with van der Waals surface area (Å²) in [6.45, 7) is 7.77. The first-order valence-electron chi connectivity index (χ1n) is 11.7. The molecule has 0 radical (unpaired) electrons. The third-order valence-electron chi connectivity index (χ3n) is 5.76. The molecule has 2 aromatic rings. The van der Waals surface area contributed by atoms with Crippen molar-refractivity contribution in [2.24, 2.45) is 5.14 Å². The first-order valence-corrected chi connectivity index (χ1v) is 14.2. The van der Waals surface area contributed by atoms with Crippen LogP contribution in [0.2, 0.25) is 0 Å². The second-order valence-corrected chi connectivity index (χ2v) is 11.1. The van der Waals surface area contributed by atoms with Gasteiger partial charge in [0.15, 0.2) is 5.13 Å². The van der Waals surface area contributed by atoms with Gasteiger partial charge in [-0.05, 0) is 33.1 Å².